The fourth-order valence-electron chi connectivity index (χ4n) is 3.46. The van der Waals surface area contributed by atoms with Gasteiger partial charge < -0.3 is 0 Å². The minimum atomic E-state index is 0.627. The van der Waals surface area contributed by atoms with Crippen molar-refractivity contribution < 1.29 is 0 Å². The third-order valence-corrected chi connectivity index (χ3v) is 5.11. The molecule has 2 bridgehead atoms. The van der Waals surface area contributed by atoms with E-state index in [1.165, 1.54) is 12.8 Å². The van der Waals surface area contributed by atoms with Gasteiger partial charge in [0.05, 0.1) is 0 Å². The Morgan fingerprint density at radius 3 is 2.42 bits per heavy atom. The third kappa shape index (κ3) is 0.983. The van der Waals surface area contributed by atoms with Gasteiger partial charge in [-0.15, -0.1) is 0 Å². The molecule has 0 saturated heterocycles. The van der Waals surface area contributed by atoms with Crippen LogP contribution in [0.25, 0.3) is 0 Å². The molecule has 2 heteroatoms. The van der Waals surface area contributed by atoms with Crippen molar-refractivity contribution in [1.82, 2.24) is 0 Å². The second-order valence-corrected chi connectivity index (χ2v) is 5.68. The molecule has 4 unspecified atom stereocenters. The standard InChI is InChI=1S/C10H18BCl/c1-6-8-4-7(10(8,2)3)5-9(6)11-12/h6-9,11H,4-5H2,1-3H3. The van der Waals surface area contributed by atoms with Crippen molar-refractivity contribution in [1.29, 1.82) is 0 Å². The van der Waals surface area contributed by atoms with Crippen LogP contribution in [0, 0.1) is 23.2 Å². The Labute approximate surface area is 81.2 Å². The quantitative estimate of drug-likeness (QED) is 0.550. The predicted molar refractivity (Wildman–Crippen MR) is 55.9 cm³/mol. The Hall–Kier alpha value is 0.355. The van der Waals surface area contributed by atoms with Crippen LogP contribution in [-0.4, -0.2) is 6.69 Å². The molecule has 3 saturated carbocycles. The van der Waals surface area contributed by atoms with Crippen LogP contribution in [0.3, 0.4) is 0 Å². The Bertz CT molecular complexity index is 190. The first-order chi connectivity index (χ1) is 5.57. The lowest BCUT2D eigenvalue weighted by Gasteiger charge is -2.62. The van der Waals surface area contributed by atoms with Crippen LogP contribution in [0.4, 0.5) is 0 Å². The van der Waals surface area contributed by atoms with Crippen molar-refractivity contribution in [3.8, 4) is 0 Å². The zero-order valence-electron chi connectivity index (χ0n) is 8.31. The maximum Gasteiger partial charge on any atom is 0.236 e. The zero-order valence-corrected chi connectivity index (χ0v) is 9.06. The van der Waals surface area contributed by atoms with Gasteiger partial charge in [0, 0.05) is 0 Å². The van der Waals surface area contributed by atoms with Gasteiger partial charge >= 0.3 is 0 Å². The summed E-state index contributed by atoms with van der Waals surface area (Å²) >= 11 is 5.95. The van der Waals surface area contributed by atoms with E-state index in [-0.39, 0.29) is 0 Å². The second-order valence-electron chi connectivity index (χ2n) is 5.37. The summed E-state index contributed by atoms with van der Waals surface area (Å²) in [6.07, 6.45) is 2.86. The average molecular weight is 185 g/mol. The number of fused-ring (bicyclic) bond motifs is 2. The minimum Gasteiger partial charge on any atom is -0.201 e. The van der Waals surface area contributed by atoms with E-state index in [9.17, 15) is 0 Å². The molecule has 0 aromatic rings. The second kappa shape index (κ2) is 2.67. The fourth-order valence-corrected chi connectivity index (χ4v) is 3.87. The van der Waals surface area contributed by atoms with Gasteiger partial charge in [0.1, 0.15) is 0 Å². The third-order valence-electron chi connectivity index (χ3n) is 4.71. The highest BCUT2D eigenvalue weighted by molar-refractivity contribution is 6.94. The first-order valence-corrected chi connectivity index (χ1v) is 5.66. The maximum atomic E-state index is 5.95. The summed E-state index contributed by atoms with van der Waals surface area (Å²) < 4.78 is 0. The lowest BCUT2D eigenvalue weighted by atomic mass is 9.41. The first-order valence-electron chi connectivity index (χ1n) is 5.13. The number of hydrogen-bond acceptors (Lipinski definition) is 0. The van der Waals surface area contributed by atoms with Gasteiger partial charge in [0.2, 0.25) is 6.69 Å². The van der Waals surface area contributed by atoms with Gasteiger partial charge in [-0.25, -0.2) is 11.5 Å². The van der Waals surface area contributed by atoms with Crippen molar-refractivity contribution in [2.45, 2.75) is 39.4 Å². The molecule has 0 spiro atoms. The maximum absolute atomic E-state index is 5.95. The van der Waals surface area contributed by atoms with E-state index in [4.69, 9.17) is 11.5 Å². The number of halogens is 1. The molecule has 0 aliphatic heterocycles. The lowest BCUT2D eigenvalue weighted by molar-refractivity contribution is -0.0982. The van der Waals surface area contributed by atoms with Crippen LogP contribution < -0.4 is 0 Å². The Balaban J connectivity index is 2.11. The average Bonchev–Trinajstić information content (AvgIpc) is 2.03. The molecule has 0 heterocycles. The molecular formula is C10H18BCl. The van der Waals surface area contributed by atoms with E-state index in [1.54, 1.807) is 0 Å². The van der Waals surface area contributed by atoms with Crippen LogP contribution in [-0.2, 0) is 0 Å². The molecule has 3 aliphatic rings. The summed E-state index contributed by atoms with van der Waals surface area (Å²) in [5, 5.41) is 0. The predicted octanol–water partition coefficient (Wildman–Crippen LogP) is 3.07. The van der Waals surface area contributed by atoms with E-state index in [2.05, 4.69) is 20.8 Å². The molecular weight excluding hydrogens is 166 g/mol. The fraction of sp³-hybridized carbons (Fsp3) is 1.00. The molecule has 68 valence electrons. The smallest absolute Gasteiger partial charge is 0.201 e. The Morgan fingerprint density at radius 2 is 2.00 bits per heavy atom. The first kappa shape index (κ1) is 8.93. The molecule has 0 amide bonds. The molecule has 0 N–H and O–H groups in total. The molecule has 0 nitrogen and oxygen atoms in total. The van der Waals surface area contributed by atoms with Crippen LogP contribution in [0.15, 0.2) is 0 Å². The summed E-state index contributed by atoms with van der Waals surface area (Å²) in [4.78, 5) is 0. The van der Waals surface area contributed by atoms with E-state index >= 15 is 0 Å². The summed E-state index contributed by atoms with van der Waals surface area (Å²) in [5.74, 6) is 3.60. The lowest BCUT2D eigenvalue weighted by Crippen LogP contribution is -2.54. The molecule has 0 aromatic heterocycles. The van der Waals surface area contributed by atoms with Gasteiger partial charge in [-0.3, -0.25) is 0 Å². The summed E-state index contributed by atoms with van der Waals surface area (Å²) in [7, 11) is 0. The molecule has 3 fully saturated rings. The Kier molecular flexibility index (Phi) is 1.99. The van der Waals surface area contributed by atoms with Gasteiger partial charge in [-0.05, 0) is 35.4 Å². The van der Waals surface area contributed by atoms with Crippen molar-refractivity contribution >= 4 is 18.2 Å². The highest BCUT2D eigenvalue weighted by atomic mass is 35.5. The van der Waals surface area contributed by atoms with E-state index in [0.29, 0.717) is 5.41 Å². The van der Waals surface area contributed by atoms with Crippen LogP contribution in [0.5, 0.6) is 0 Å². The highest BCUT2D eigenvalue weighted by Crippen LogP contribution is 2.64. The molecule has 3 rings (SSSR count). The zero-order chi connectivity index (χ0) is 8.93. The van der Waals surface area contributed by atoms with Crippen LogP contribution in [0.1, 0.15) is 33.6 Å². The van der Waals surface area contributed by atoms with Crippen LogP contribution >= 0.6 is 11.5 Å². The van der Waals surface area contributed by atoms with E-state index < -0.39 is 0 Å². The van der Waals surface area contributed by atoms with Gasteiger partial charge in [-0.1, -0.05) is 27.2 Å². The van der Waals surface area contributed by atoms with Crippen molar-refractivity contribution in [3.63, 3.8) is 0 Å². The topological polar surface area (TPSA) is 0 Å². The SMILES string of the molecule is CC1C(BCl)CC2CC1C2(C)C. The molecule has 0 aromatic carbocycles. The summed E-state index contributed by atoms with van der Waals surface area (Å²) in [6.45, 7) is 8.15. The molecule has 12 heavy (non-hydrogen) atoms. The van der Waals surface area contributed by atoms with Crippen molar-refractivity contribution in [2.75, 3.05) is 0 Å². The van der Waals surface area contributed by atoms with E-state index in [1.807, 2.05) is 0 Å². The normalized spacial score (nSPS) is 49.7. The summed E-state index contributed by atoms with van der Waals surface area (Å²) in [5.41, 5.74) is 0.627. The van der Waals surface area contributed by atoms with Crippen LogP contribution in [0.2, 0.25) is 5.82 Å². The monoisotopic (exact) mass is 184 g/mol. The Morgan fingerprint density at radius 1 is 1.33 bits per heavy atom. The molecule has 4 atom stereocenters. The van der Waals surface area contributed by atoms with Gasteiger partial charge in [-0.2, -0.15) is 0 Å². The van der Waals surface area contributed by atoms with E-state index in [0.717, 1.165) is 30.3 Å². The minimum absolute atomic E-state index is 0.627. The van der Waals surface area contributed by atoms with Crippen molar-refractivity contribution in [2.24, 2.45) is 23.2 Å². The summed E-state index contributed by atoms with van der Waals surface area (Å²) in [6, 6.07) is 0. The van der Waals surface area contributed by atoms with Crippen molar-refractivity contribution in [3.05, 3.63) is 0 Å². The van der Waals surface area contributed by atoms with Gasteiger partial charge in [0.15, 0.2) is 0 Å². The highest BCUT2D eigenvalue weighted by Gasteiger charge is 2.55. The molecule has 0 radical (unpaired) electrons. The number of hydrogen-bond donors (Lipinski definition) is 0. The molecule has 3 aliphatic carbocycles. The number of rotatable bonds is 1. The largest absolute Gasteiger partial charge is 0.236 e. The van der Waals surface area contributed by atoms with Gasteiger partial charge in [0.25, 0.3) is 0 Å².